The maximum Gasteiger partial charge on any atom is 0.261 e. The Morgan fingerprint density at radius 2 is 2.04 bits per heavy atom. The van der Waals surface area contributed by atoms with Crippen LogP contribution in [0.1, 0.15) is 23.2 Å². The van der Waals surface area contributed by atoms with Gasteiger partial charge in [-0.05, 0) is 43.7 Å². The number of aromatic amines is 1. The highest BCUT2D eigenvalue weighted by Gasteiger charge is 2.30. The average Bonchev–Trinajstić information content (AvgIpc) is 3.10. The molecule has 0 spiro atoms. The van der Waals surface area contributed by atoms with Gasteiger partial charge in [-0.3, -0.25) is 19.6 Å². The molecule has 1 aromatic carbocycles. The highest BCUT2D eigenvalue weighted by molar-refractivity contribution is 6.03. The summed E-state index contributed by atoms with van der Waals surface area (Å²) < 4.78 is 0. The second-order valence-corrected chi connectivity index (χ2v) is 6.59. The highest BCUT2D eigenvalue weighted by Crippen LogP contribution is 2.26. The van der Waals surface area contributed by atoms with Crippen molar-refractivity contribution in [3.8, 4) is 0 Å². The number of benzene rings is 1. The van der Waals surface area contributed by atoms with Crippen molar-refractivity contribution in [3.63, 3.8) is 0 Å². The van der Waals surface area contributed by atoms with Crippen molar-refractivity contribution in [2.75, 3.05) is 36.4 Å². The first kappa shape index (κ1) is 15.8. The lowest BCUT2D eigenvalue weighted by Gasteiger charge is -2.38. The van der Waals surface area contributed by atoms with Gasteiger partial charge < -0.3 is 10.2 Å². The van der Waals surface area contributed by atoms with Crippen LogP contribution in [0.4, 0.5) is 11.4 Å². The lowest BCUT2D eigenvalue weighted by molar-refractivity contribution is 0.102. The first-order chi connectivity index (χ1) is 12.2. The van der Waals surface area contributed by atoms with Crippen LogP contribution in [0.2, 0.25) is 0 Å². The Morgan fingerprint density at radius 3 is 2.84 bits per heavy atom. The van der Waals surface area contributed by atoms with Gasteiger partial charge in [0, 0.05) is 43.2 Å². The summed E-state index contributed by atoms with van der Waals surface area (Å²) in [6, 6.07) is 8.48. The van der Waals surface area contributed by atoms with Crippen LogP contribution >= 0.6 is 0 Å². The molecule has 25 heavy (non-hydrogen) atoms. The fraction of sp³-hybridized carbons (Fsp3) is 0.389. The van der Waals surface area contributed by atoms with Crippen LogP contribution in [0.3, 0.4) is 0 Å². The number of nitrogens with zero attached hydrogens (tertiary/aromatic N) is 3. The van der Waals surface area contributed by atoms with E-state index in [-0.39, 0.29) is 5.56 Å². The SMILES string of the molecule is O=C(Nc1ccc(N2CCN3CCCC3C2)cc1)c1c[nH]ncc1=O. The number of aromatic nitrogens is 2. The molecule has 2 aliphatic heterocycles. The predicted molar refractivity (Wildman–Crippen MR) is 96.1 cm³/mol. The predicted octanol–water partition coefficient (Wildman–Crippen LogP) is 1.31. The van der Waals surface area contributed by atoms with Crippen molar-refractivity contribution >= 4 is 17.3 Å². The van der Waals surface area contributed by atoms with E-state index in [1.165, 1.54) is 31.3 Å². The highest BCUT2D eigenvalue weighted by atomic mass is 16.2. The van der Waals surface area contributed by atoms with Crippen molar-refractivity contribution in [1.82, 2.24) is 15.1 Å². The average molecular weight is 339 g/mol. The Labute approximate surface area is 145 Å². The van der Waals surface area contributed by atoms with E-state index in [4.69, 9.17) is 0 Å². The van der Waals surface area contributed by atoms with Crippen molar-refractivity contribution in [3.05, 3.63) is 52.4 Å². The Kier molecular flexibility index (Phi) is 4.23. The Hall–Kier alpha value is -2.67. The number of nitrogens with one attached hydrogen (secondary N) is 2. The maximum absolute atomic E-state index is 12.2. The monoisotopic (exact) mass is 339 g/mol. The van der Waals surface area contributed by atoms with Crippen LogP contribution in [0.15, 0.2) is 41.5 Å². The topological polar surface area (TPSA) is 81.3 Å². The lowest BCUT2D eigenvalue weighted by Crippen LogP contribution is -2.50. The number of anilines is 2. The molecule has 1 unspecified atom stereocenters. The molecule has 130 valence electrons. The van der Waals surface area contributed by atoms with E-state index < -0.39 is 11.3 Å². The summed E-state index contributed by atoms with van der Waals surface area (Å²) >= 11 is 0. The molecule has 0 bridgehead atoms. The number of rotatable bonds is 3. The summed E-state index contributed by atoms with van der Waals surface area (Å²) in [5.74, 6) is -0.434. The molecule has 0 radical (unpaired) electrons. The smallest absolute Gasteiger partial charge is 0.261 e. The lowest BCUT2D eigenvalue weighted by atomic mass is 10.1. The summed E-state index contributed by atoms with van der Waals surface area (Å²) in [4.78, 5) is 28.8. The van der Waals surface area contributed by atoms with E-state index in [0.717, 1.165) is 25.8 Å². The van der Waals surface area contributed by atoms with Gasteiger partial charge in [0.1, 0.15) is 5.56 Å². The van der Waals surface area contributed by atoms with E-state index in [9.17, 15) is 9.59 Å². The van der Waals surface area contributed by atoms with Crippen molar-refractivity contribution in [2.24, 2.45) is 0 Å². The number of hydrogen-bond acceptors (Lipinski definition) is 5. The minimum atomic E-state index is -0.434. The largest absolute Gasteiger partial charge is 0.369 e. The normalized spacial score (nSPS) is 20.3. The zero-order valence-electron chi connectivity index (χ0n) is 13.9. The van der Waals surface area contributed by atoms with Crippen LogP contribution in [-0.4, -0.2) is 53.2 Å². The van der Waals surface area contributed by atoms with Gasteiger partial charge >= 0.3 is 0 Å². The number of amides is 1. The molecule has 4 rings (SSSR count). The van der Waals surface area contributed by atoms with Crippen LogP contribution in [0.5, 0.6) is 0 Å². The molecule has 2 aliphatic rings. The molecule has 2 aromatic rings. The zero-order chi connectivity index (χ0) is 17.2. The van der Waals surface area contributed by atoms with Gasteiger partial charge in [0.15, 0.2) is 0 Å². The Bertz CT molecular complexity index is 817. The van der Waals surface area contributed by atoms with Crippen molar-refractivity contribution in [2.45, 2.75) is 18.9 Å². The zero-order valence-corrected chi connectivity index (χ0v) is 13.9. The first-order valence-electron chi connectivity index (χ1n) is 8.64. The van der Waals surface area contributed by atoms with E-state index >= 15 is 0 Å². The molecule has 2 N–H and O–H groups in total. The molecule has 2 saturated heterocycles. The molecule has 1 atom stereocenters. The number of carbonyl (C=O) groups is 1. The minimum absolute atomic E-state index is 0.0523. The molecule has 7 heteroatoms. The Balaban J connectivity index is 1.43. The molecule has 0 saturated carbocycles. The van der Waals surface area contributed by atoms with Crippen LogP contribution in [0, 0.1) is 0 Å². The van der Waals surface area contributed by atoms with Crippen LogP contribution in [0.25, 0.3) is 0 Å². The van der Waals surface area contributed by atoms with Gasteiger partial charge in [0.2, 0.25) is 5.43 Å². The quantitative estimate of drug-likeness (QED) is 0.881. The molecular weight excluding hydrogens is 318 g/mol. The number of fused-ring (bicyclic) bond motifs is 1. The van der Waals surface area contributed by atoms with Crippen molar-refractivity contribution in [1.29, 1.82) is 0 Å². The number of carbonyl (C=O) groups excluding carboxylic acids is 1. The molecule has 7 nitrogen and oxygen atoms in total. The fourth-order valence-electron chi connectivity index (χ4n) is 3.70. The first-order valence-corrected chi connectivity index (χ1v) is 8.64. The summed E-state index contributed by atoms with van der Waals surface area (Å²) in [5, 5.41) is 8.86. The van der Waals surface area contributed by atoms with Gasteiger partial charge in [-0.15, -0.1) is 0 Å². The Morgan fingerprint density at radius 1 is 1.20 bits per heavy atom. The third kappa shape index (κ3) is 3.28. The van der Waals surface area contributed by atoms with E-state index in [2.05, 4.69) is 25.3 Å². The van der Waals surface area contributed by atoms with Gasteiger partial charge in [0.05, 0.1) is 6.20 Å². The molecule has 1 aromatic heterocycles. The second-order valence-electron chi connectivity index (χ2n) is 6.59. The number of hydrogen-bond donors (Lipinski definition) is 2. The van der Waals surface area contributed by atoms with E-state index in [1.807, 2.05) is 24.3 Å². The third-order valence-corrected chi connectivity index (χ3v) is 5.05. The summed E-state index contributed by atoms with van der Waals surface area (Å²) in [6.45, 7) is 4.46. The number of H-pyrrole nitrogens is 1. The summed E-state index contributed by atoms with van der Waals surface area (Å²) in [6.07, 6.45) is 5.00. The minimum Gasteiger partial charge on any atom is -0.369 e. The molecule has 2 fully saturated rings. The fourth-order valence-corrected chi connectivity index (χ4v) is 3.70. The molecule has 0 aliphatic carbocycles. The van der Waals surface area contributed by atoms with Gasteiger partial charge in [-0.2, -0.15) is 5.10 Å². The van der Waals surface area contributed by atoms with Crippen molar-refractivity contribution < 1.29 is 4.79 Å². The number of piperazine rings is 1. The molecule has 1 amide bonds. The van der Waals surface area contributed by atoms with Crippen LogP contribution in [-0.2, 0) is 0 Å². The summed E-state index contributed by atoms with van der Waals surface area (Å²) in [7, 11) is 0. The van der Waals surface area contributed by atoms with Gasteiger partial charge in [-0.25, -0.2) is 0 Å². The van der Waals surface area contributed by atoms with Gasteiger partial charge in [0.25, 0.3) is 5.91 Å². The summed E-state index contributed by atoms with van der Waals surface area (Å²) in [5.41, 5.74) is 1.49. The van der Waals surface area contributed by atoms with Gasteiger partial charge in [-0.1, -0.05) is 0 Å². The standard InChI is InChI=1S/C18H21N5O2/c24-17-11-20-19-10-16(17)18(25)21-13-3-5-14(6-4-13)23-9-8-22-7-1-2-15(22)12-23/h3-6,10-11,15H,1-2,7-9,12H2,(H,19,24)(H,21,25). The molecule has 3 heterocycles. The van der Waals surface area contributed by atoms with E-state index in [1.54, 1.807) is 0 Å². The second kappa shape index (κ2) is 6.68. The molecular formula is C18H21N5O2. The van der Waals surface area contributed by atoms with Crippen LogP contribution < -0.4 is 15.6 Å². The maximum atomic E-state index is 12.2. The van der Waals surface area contributed by atoms with E-state index in [0.29, 0.717) is 11.7 Å². The third-order valence-electron chi connectivity index (χ3n) is 5.05.